The molecule has 0 spiro atoms. The standard InChI is InChI=1S/C17H17F2N3O4S/c1-25-13-9-10(4-5-12(13)26-16(18)19)15(24)22-7-2-3-11(22)14(23)21-17-20-6-8-27-17/h4-6,8-9,11,16H,2-3,7H2,1H3,(H,20,21,23). The van der Waals surface area contributed by atoms with Gasteiger partial charge < -0.3 is 19.7 Å². The maximum atomic E-state index is 12.9. The van der Waals surface area contributed by atoms with Gasteiger partial charge in [0.05, 0.1) is 7.11 Å². The summed E-state index contributed by atoms with van der Waals surface area (Å²) in [5, 5.41) is 4.91. The van der Waals surface area contributed by atoms with Crippen LogP contribution in [0.5, 0.6) is 11.5 Å². The van der Waals surface area contributed by atoms with Crippen LogP contribution in [-0.4, -0.2) is 48.0 Å². The predicted molar refractivity (Wildman–Crippen MR) is 94.4 cm³/mol. The number of carbonyl (C=O) groups is 2. The van der Waals surface area contributed by atoms with Crippen LogP contribution >= 0.6 is 11.3 Å². The summed E-state index contributed by atoms with van der Waals surface area (Å²) in [7, 11) is 1.29. The molecule has 1 atom stereocenters. The molecule has 7 nitrogen and oxygen atoms in total. The van der Waals surface area contributed by atoms with E-state index in [1.54, 1.807) is 11.6 Å². The number of carbonyl (C=O) groups excluding carboxylic acids is 2. The highest BCUT2D eigenvalue weighted by atomic mass is 32.1. The number of nitrogens with zero attached hydrogens (tertiary/aromatic N) is 2. The summed E-state index contributed by atoms with van der Waals surface area (Å²) < 4.78 is 34.3. The van der Waals surface area contributed by atoms with E-state index in [4.69, 9.17) is 4.74 Å². The molecular weight excluding hydrogens is 380 g/mol. The van der Waals surface area contributed by atoms with Crippen molar-refractivity contribution in [1.82, 2.24) is 9.88 Å². The van der Waals surface area contributed by atoms with Crippen molar-refractivity contribution in [2.24, 2.45) is 0 Å². The average molecular weight is 397 g/mol. The Morgan fingerprint density at radius 3 is 2.85 bits per heavy atom. The maximum absolute atomic E-state index is 12.9. The first-order valence-corrected chi connectivity index (χ1v) is 9.01. The molecule has 10 heteroatoms. The summed E-state index contributed by atoms with van der Waals surface area (Å²) >= 11 is 1.29. The van der Waals surface area contributed by atoms with E-state index >= 15 is 0 Å². The summed E-state index contributed by atoms with van der Waals surface area (Å²) in [5.74, 6) is -0.832. The summed E-state index contributed by atoms with van der Waals surface area (Å²) in [6.07, 6.45) is 2.80. The molecule has 1 aliphatic rings. The van der Waals surface area contributed by atoms with Gasteiger partial charge in [0.15, 0.2) is 16.6 Å². The zero-order chi connectivity index (χ0) is 19.4. The van der Waals surface area contributed by atoms with Crippen LogP contribution in [0.2, 0.25) is 0 Å². The molecule has 144 valence electrons. The summed E-state index contributed by atoms with van der Waals surface area (Å²) in [5.41, 5.74) is 0.224. The third-order valence-electron chi connectivity index (χ3n) is 4.11. The molecule has 0 bridgehead atoms. The predicted octanol–water partition coefficient (Wildman–Crippen LogP) is 3.00. The van der Waals surface area contributed by atoms with E-state index in [0.29, 0.717) is 24.5 Å². The molecule has 2 heterocycles. The second-order valence-corrected chi connectivity index (χ2v) is 6.62. The lowest BCUT2D eigenvalue weighted by Crippen LogP contribution is -2.43. The molecule has 1 aliphatic heterocycles. The molecule has 1 aromatic heterocycles. The number of aromatic nitrogens is 1. The Hall–Kier alpha value is -2.75. The highest BCUT2D eigenvalue weighted by Gasteiger charge is 2.35. The van der Waals surface area contributed by atoms with E-state index in [1.165, 1.54) is 41.5 Å². The number of anilines is 1. The number of methoxy groups -OCH3 is 1. The minimum absolute atomic E-state index is 0.0177. The van der Waals surface area contributed by atoms with Crippen molar-refractivity contribution in [2.45, 2.75) is 25.5 Å². The van der Waals surface area contributed by atoms with Crippen molar-refractivity contribution in [3.8, 4) is 11.5 Å². The SMILES string of the molecule is COc1cc(C(=O)N2CCCC2C(=O)Nc2nccs2)ccc1OC(F)F. The fraction of sp³-hybridized carbons (Fsp3) is 0.353. The van der Waals surface area contributed by atoms with Crippen molar-refractivity contribution < 1.29 is 27.8 Å². The van der Waals surface area contributed by atoms with Crippen LogP contribution in [0.1, 0.15) is 23.2 Å². The molecule has 1 fully saturated rings. The van der Waals surface area contributed by atoms with Crippen molar-refractivity contribution in [2.75, 3.05) is 19.0 Å². The highest BCUT2D eigenvalue weighted by molar-refractivity contribution is 7.13. The zero-order valence-corrected chi connectivity index (χ0v) is 15.2. The average Bonchev–Trinajstić information content (AvgIpc) is 3.32. The molecular formula is C17H17F2N3O4S. The Kier molecular flexibility index (Phi) is 5.84. The molecule has 3 rings (SSSR count). The summed E-state index contributed by atoms with van der Waals surface area (Å²) in [6.45, 7) is -2.58. The quantitative estimate of drug-likeness (QED) is 0.811. The van der Waals surface area contributed by atoms with Crippen molar-refractivity contribution in [3.05, 3.63) is 35.3 Å². The van der Waals surface area contributed by atoms with Gasteiger partial charge in [-0.3, -0.25) is 9.59 Å². The van der Waals surface area contributed by atoms with E-state index in [0.717, 1.165) is 0 Å². The minimum atomic E-state index is -3.00. The first-order chi connectivity index (χ1) is 13.0. The number of alkyl halides is 2. The van der Waals surface area contributed by atoms with E-state index in [-0.39, 0.29) is 28.9 Å². The van der Waals surface area contributed by atoms with E-state index in [2.05, 4.69) is 15.0 Å². The van der Waals surface area contributed by atoms with Gasteiger partial charge in [-0.05, 0) is 31.0 Å². The zero-order valence-electron chi connectivity index (χ0n) is 14.4. The molecule has 2 aromatic rings. The summed E-state index contributed by atoms with van der Waals surface area (Å²) in [6, 6.07) is 3.33. The van der Waals surface area contributed by atoms with E-state index in [9.17, 15) is 18.4 Å². The van der Waals surface area contributed by atoms with E-state index < -0.39 is 12.7 Å². The molecule has 1 saturated heterocycles. The third-order valence-corrected chi connectivity index (χ3v) is 4.79. The smallest absolute Gasteiger partial charge is 0.387 e. The number of likely N-dealkylation sites (tertiary alicyclic amines) is 1. The Morgan fingerprint density at radius 2 is 2.19 bits per heavy atom. The fourth-order valence-electron chi connectivity index (χ4n) is 2.92. The second-order valence-electron chi connectivity index (χ2n) is 5.73. The number of hydrogen-bond acceptors (Lipinski definition) is 6. The Balaban J connectivity index is 1.76. The van der Waals surface area contributed by atoms with Gasteiger partial charge in [0.25, 0.3) is 5.91 Å². The second kappa shape index (κ2) is 8.30. The summed E-state index contributed by atoms with van der Waals surface area (Å²) in [4.78, 5) is 30.8. The fourth-order valence-corrected chi connectivity index (χ4v) is 3.45. The van der Waals surface area contributed by atoms with Crippen LogP contribution in [0.15, 0.2) is 29.8 Å². The number of thiazole rings is 1. The lowest BCUT2D eigenvalue weighted by molar-refractivity contribution is -0.119. The maximum Gasteiger partial charge on any atom is 0.387 e. The van der Waals surface area contributed by atoms with Gasteiger partial charge in [-0.15, -0.1) is 11.3 Å². The van der Waals surface area contributed by atoms with Crippen molar-refractivity contribution in [1.29, 1.82) is 0 Å². The lowest BCUT2D eigenvalue weighted by atomic mass is 10.1. The van der Waals surface area contributed by atoms with E-state index in [1.807, 2.05) is 0 Å². The number of rotatable bonds is 6. The van der Waals surface area contributed by atoms with Crippen molar-refractivity contribution >= 4 is 28.3 Å². The molecule has 1 aromatic carbocycles. The van der Waals surface area contributed by atoms with Crippen LogP contribution in [0.25, 0.3) is 0 Å². The number of nitrogens with one attached hydrogen (secondary N) is 1. The van der Waals surface area contributed by atoms with Gasteiger partial charge in [0.1, 0.15) is 6.04 Å². The number of hydrogen-bond donors (Lipinski definition) is 1. The topological polar surface area (TPSA) is 80.8 Å². The normalized spacial score (nSPS) is 16.4. The van der Waals surface area contributed by atoms with Gasteiger partial charge in [-0.1, -0.05) is 0 Å². The van der Waals surface area contributed by atoms with Gasteiger partial charge in [0, 0.05) is 23.7 Å². The number of halogens is 2. The van der Waals surface area contributed by atoms with Gasteiger partial charge >= 0.3 is 6.61 Å². The molecule has 0 aliphatic carbocycles. The van der Waals surface area contributed by atoms with Gasteiger partial charge in [-0.25, -0.2) is 4.98 Å². The van der Waals surface area contributed by atoms with Crippen LogP contribution < -0.4 is 14.8 Å². The Labute approximate surface area is 157 Å². The monoisotopic (exact) mass is 397 g/mol. The first kappa shape index (κ1) is 19.0. The Morgan fingerprint density at radius 1 is 1.37 bits per heavy atom. The van der Waals surface area contributed by atoms with Crippen LogP contribution in [-0.2, 0) is 4.79 Å². The number of ether oxygens (including phenoxy) is 2. The molecule has 0 radical (unpaired) electrons. The highest BCUT2D eigenvalue weighted by Crippen LogP contribution is 2.31. The third kappa shape index (κ3) is 4.33. The molecule has 1 N–H and O–H groups in total. The van der Waals surface area contributed by atoms with Crippen LogP contribution in [0.4, 0.5) is 13.9 Å². The largest absolute Gasteiger partial charge is 0.493 e. The van der Waals surface area contributed by atoms with Crippen LogP contribution in [0, 0.1) is 0 Å². The van der Waals surface area contributed by atoms with Gasteiger partial charge in [-0.2, -0.15) is 8.78 Å². The molecule has 2 amide bonds. The van der Waals surface area contributed by atoms with Gasteiger partial charge in [0.2, 0.25) is 5.91 Å². The van der Waals surface area contributed by atoms with Crippen molar-refractivity contribution in [3.63, 3.8) is 0 Å². The number of amides is 2. The van der Waals surface area contributed by atoms with Crippen LogP contribution in [0.3, 0.4) is 0 Å². The molecule has 27 heavy (non-hydrogen) atoms. The molecule has 1 unspecified atom stereocenters. The minimum Gasteiger partial charge on any atom is -0.493 e. The number of benzene rings is 1. The Bertz CT molecular complexity index is 817. The molecule has 0 saturated carbocycles. The lowest BCUT2D eigenvalue weighted by Gasteiger charge is -2.24. The first-order valence-electron chi connectivity index (χ1n) is 8.13.